The summed E-state index contributed by atoms with van der Waals surface area (Å²) in [5.74, 6) is 1.16. The van der Waals surface area contributed by atoms with E-state index in [0.29, 0.717) is 22.0 Å². The van der Waals surface area contributed by atoms with E-state index in [1.165, 1.54) is 23.1 Å². The van der Waals surface area contributed by atoms with Crippen LogP contribution in [0.4, 0.5) is 10.7 Å². The molecule has 35 heavy (non-hydrogen) atoms. The van der Waals surface area contributed by atoms with Gasteiger partial charge >= 0.3 is 0 Å². The summed E-state index contributed by atoms with van der Waals surface area (Å²) in [5.41, 5.74) is 2.62. The minimum Gasteiger partial charge on any atom is -0.497 e. The highest BCUT2D eigenvalue weighted by Crippen LogP contribution is 2.37. The molecule has 4 aromatic rings. The molecule has 178 valence electrons. The summed E-state index contributed by atoms with van der Waals surface area (Å²) >= 11 is 2.76. The highest BCUT2D eigenvalue weighted by molar-refractivity contribution is 8.00. The molecule has 8 heteroatoms. The summed E-state index contributed by atoms with van der Waals surface area (Å²) in [6, 6.07) is 24.3. The number of amides is 2. The maximum atomic E-state index is 13.4. The predicted molar refractivity (Wildman–Crippen MR) is 143 cm³/mol. The smallest absolute Gasteiger partial charge is 0.259 e. The highest BCUT2D eigenvalue weighted by Gasteiger charge is 2.22. The maximum Gasteiger partial charge on any atom is 0.259 e. The lowest BCUT2D eigenvalue weighted by atomic mass is 10.0. The number of anilines is 2. The normalized spacial score (nSPS) is 10.5. The van der Waals surface area contributed by atoms with Gasteiger partial charge in [-0.1, -0.05) is 30.3 Å². The van der Waals surface area contributed by atoms with Gasteiger partial charge in [-0.05, 0) is 54.1 Å². The van der Waals surface area contributed by atoms with Gasteiger partial charge in [-0.2, -0.15) is 0 Å². The van der Waals surface area contributed by atoms with Gasteiger partial charge in [-0.3, -0.25) is 9.59 Å². The van der Waals surface area contributed by atoms with Gasteiger partial charge in [0.2, 0.25) is 5.91 Å². The van der Waals surface area contributed by atoms with Crippen molar-refractivity contribution in [2.24, 2.45) is 0 Å². The molecule has 0 aliphatic rings. The Morgan fingerprint density at radius 2 is 1.46 bits per heavy atom. The molecule has 0 unspecified atom stereocenters. The molecule has 2 amide bonds. The molecule has 1 aromatic heterocycles. The second kappa shape index (κ2) is 11.6. The number of hydrogen-bond acceptors (Lipinski definition) is 6. The van der Waals surface area contributed by atoms with Crippen LogP contribution in [-0.2, 0) is 4.79 Å². The third kappa shape index (κ3) is 6.23. The molecular weight excluding hydrogens is 480 g/mol. The van der Waals surface area contributed by atoms with Crippen LogP contribution in [0.25, 0.3) is 11.1 Å². The van der Waals surface area contributed by atoms with Gasteiger partial charge in [0.05, 0.1) is 25.5 Å². The van der Waals surface area contributed by atoms with E-state index in [2.05, 4.69) is 10.6 Å². The molecule has 0 spiro atoms. The average Bonchev–Trinajstić information content (AvgIpc) is 3.32. The molecule has 0 fully saturated rings. The van der Waals surface area contributed by atoms with Crippen molar-refractivity contribution in [2.75, 3.05) is 30.6 Å². The molecule has 1 heterocycles. The molecule has 6 nitrogen and oxygen atoms in total. The molecule has 0 radical (unpaired) electrons. The summed E-state index contributed by atoms with van der Waals surface area (Å²) in [4.78, 5) is 27.1. The van der Waals surface area contributed by atoms with Gasteiger partial charge in [0.15, 0.2) is 0 Å². The minimum atomic E-state index is -0.312. The molecule has 0 saturated carbocycles. The quantitative estimate of drug-likeness (QED) is 0.257. The Kier molecular flexibility index (Phi) is 8.07. The Morgan fingerprint density at radius 3 is 2.09 bits per heavy atom. The molecule has 0 aliphatic heterocycles. The number of rotatable bonds is 9. The van der Waals surface area contributed by atoms with Crippen molar-refractivity contribution in [1.82, 2.24) is 0 Å². The van der Waals surface area contributed by atoms with Crippen molar-refractivity contribution in [2.45, 2.75) is 4.90 Å². The number of carbonyl (C=O) groups is 2. The van der Waals surface area contributed by atoms with Gasteiger partial charge in [0.1, 0.15) is 16.5 Å². The van der Waals surface area contributed by atoms with Crippen molar-refractivity contribution >= 4 is 45.6 Å². The molecule has 0 aliphatic carbocycles. The van der Waals surface area contributed by atoms with E-state index in [0.717, 1.165) is 21.8 Å². The zero-order valence-electron chi connectivity index (χ0n) is 19.2. The van der Waals surface area contributed by atoms with Crippen molar-refractivity contribution < 1.29 is 19.1 Å². The zero-order chi connectivity index (χ0) is 24.6. The van der Waals surface area contributed by atoms with E-state index >= 15 is 0 Å². The Balaban J connectivity index is 1.59. The van der Waals surface area contributed by atoms with Crippen LogP contribution in [0, 0.1) is 0 Å². The molecule has 4 rings (SSSR count). The van der Waals surface area contributed by atoms with Crippen molar-refractivity contribution in [3.8, 4) is 22.6 Å². The summed E-state index contributed by atoms with van der Waals surface area (Å²) in [6.07, 6.45) is 0. The first-order chi connectivity index (χ1) is 17.1. The topological polar surface area (TPSA) is 76.7 Å². The number of thiophene rings is 1. The van der Waals surface area contributed by atoms with Crippen LogP contribution in [0.3, 0.4) is 0 Å². The third-order valence-corrected chi connectivity index (χ3v) is 7.04. The summed E-state index contributed by atoms with van der Waals surface area (Å²) in [5, 5.41) is 8.24. The molecular formula is C27H24N2O4S2. The summed E-state index contributed by atoms with van der Waals surface area (Å²) < 4.78 is 10.4. The van der Waals surface area contributed by atoms with Crippen molar-refractivity contribution in [3.63, 3.8) is 0 Å². The zero-order valence-corrected chi connectivity index (χ0v) is 20.9. The fourth-order valence-corrected chi connectivity index (χ4v) is 5.06. The van der Waals surface area contributed by atoms with E-state index in [4.69, 9.17) is 9.47 Å². The average molecular weight is 505 g/mol. The fourth-order valence-electron chi connectivity index (χ4n) is 3.35. The second-order valence-corrected chi connectivity index (χ2v) is 9.34. The highest BCUT2D eigenvalue weighted by atomic mass is 32.2. The Hall–Kier alpha value is -3.75. The first-order valence-corrected chi connectivity index (χ1v) is 12.6. The van der Waals surface area contributed by atoms with Gasteiger partial charge < -0.3 is 20.1 Å². The van der Waals surface area contributed by atoms with Gasteiger partial charge in [0, 0.05) is 21.5 Å². The maximum absolute atomic E-state index is 13.4. The lowest BCUT2D eigenvalue weighted by Gasteiger charge is -2.11. The third-order valence-electron chi connectivity index (χ3n) is 5.13. The number of nitrogens with one attached hydrogen (secondary N) is 2. The largest absolute Gasteiger partial charge is 0.497 e. The first kappa shape index (κ1) is 24.4. The van der Waals surface area contributed by atoms with Crippen LogP contribution >= 0.6 is 23.1 Å². The number of hydrogen-bond donors (Lipinski definition) is 2. The van der Waals surface area contributed by atoms with Gasteiger partial charge in [0.25, 0.3) is 5.91 Å². The van der Waals surface area contributed by atoms with Crippen LogP contribution in [0.1, 0.15) is 10.4 Å². The molecule has 0 saturated heterocycles. The standard InChI is InChI=1S/C27H24N2O4S2/c1-32-20-12-8-18(9-13-20)23-16-35-27(29-24(30)17-34-22-6-4-3-5-7-22)25(23)26(31)28-19-10-14-21(33-2)15-11-19/h3-16H,17H2,1-2H3,(H,28,31)(H,29,30). The minimum absolute atomic E-state index is 0.180. The van der Waals surface area contributed by atoms with Gasteiger partial charge in [-0.15, -0.1) is 23.1 Å². The Bertz CT molecular complexity index is 1290. The van der Waals surface area contributed by atoms with Crippen LogP contribution in [0.15, 0.2) is 89.1 Å². The fraction of sp³-hybridized carbons (Fsp3) is 0.111. The van der Waals surface area contributed by atoms with E-state index in [9.17, 15) is 9.59 Å². The monoisotopic (exact) mass is 504 g/mol. The van der Waals surface area contributed by atoms with Crippen molar-refractivity contribution in [3.05, 3.63) is 89.8 Å². The number of carbonyl (C=O) groups excluding carboxylic acids is 2. The van der Waals surface area contributed by atoms with Crippen LogP contribution in [-0.4, -0.2) is 31.8 Å². The van der Waals surface area contributed by atoms with E-state index in [1.54, 1.807) is 38.5 Å². The van der Waals surface area contributed by atoms with Crippen LogP contribution in [0.5, 0.6) is 11.5 Å². The lowest BCUT2D eigenvalue weighted by Crippen LogP contribution is -2.18. The van der Waals surface area contributed by atoms with Crippen LogP contribution < -0.4 is 20.1 Å². The SMILES string of the molecule is COc1ccc(NC(=O)c2c(-c3ccc(OC)cc3)csc2NC(=O)CSc2ccccc2)cc1. The van der Waals surface area contributed by atoms with Crippen LogP contribution in [0.2, 0.25) is 0 Å². The van der Waals surface area contributed by atoms with E-state index in [-0.39, 0.29) is 17.6 Å². The number of thioether (sulfide) groups is 1. The van der Waals surface area contributed by atoms with Gasteiger partial charge in [-0.25, -0.2) is 0 Å². The molecule has 0 bridgehead atoms. The lowest BCUT2D eigenvalue weighted by molar-refractivity contribution is -0.113. The van der Waals surface area contributed by atoms with E-state index < -0.39 is 0 Å². The molecule has 2 N–H and O–H groups in total. The summed E-state index contributed by atoms with van der Waals surface area (Å²) in [6.45, 7) is 0. The van der Waals surface area contributed by atoms with E-state index in [1.807, 2.05) is 60.0 Å². The Morgan fingerprint density at radius 1 is 0.829 bits per heavy atom. The first-order valence-electron chi connectivity index (χ1n) is 10.8. The number of ether oxygens (including phenoxy) is 2. The van der Waals surface area contributed by atoms with Crippen molar-refractivity contribution in [1.29, 1.82) is 0 Å². The molecule has 3 aromatic carbocycles. The summed E-state index contributed by atoms with van der Waals surface area (Å²) in [7, 11) is 3.19. The number of benzene rings is 3. The second-order valence-electron chi connectivity index (χ2n) is 7.41. The Labute approximate surface area is 212 Å². The molecule has 0 atom stereocenters. The predicted octanol–water partition coefficient (Wildman–Crippen LogP) is 6.42. The number of methoxy groups -OCH3 is 2.